The number of hydrogen-bond acceptors (Lipinski definition) is 4. The second-order valence-corrected chi connectivity index (χ2v) is 5.18. The number of amides is 1. The first-order chi connectivity index (χ1) is 10.5. The maximum Gasteiger partial charge on any atom is 0.270 e. The molecule has 2 aromatic carbocycles. The predicted molar refractivity (Wildman–Crippen MR) is 85.2 cm³/mol. The smallest absolute Gasteiger partial charge is 0.270 e. The van der Waals surface area contributed by atoms with Gasteiger partial charge in [0, 0.05) is 35.5 Å². The van der Waals surface area contributed by atoms with E-state index in [1.54, 1.807) is 24.3 Å². The number of nitrogens with one attached hydrogen (secondary N) is 1. The molecule has 0 unspecified atom stereocenters. The molecule has 0 aliphatic rings. The second kappa shape index (κ2) is 5.23. The fraction of sp³-hybridized carbons (Fsp3) is 0.0667. The zero-order valence-electron chi connectivity index (χ0n) is 11.5. The van der Waals surface area contributed by atoms with Crippen LogP contribution in [0.5, 0.6) is 0 Å². The Kier molecular flexibility index (Phi) is 3.38. The van der Waals surface area contributed by atoms with Crippen LogP contribution in [0.15, 0.2) is 36.4 Å². The van der Waals surface area contributed by atoms with Crippen LogP contribution in [-0.4, -0.2) is 15.8 Å². The average Bonchev–Trinajstić information content (AvgIpc) is 2.47. The summed E-state index contributed by atoms with van der Waals surface area (Å²) in [6.45, 7) is 1.41. The van der Waals surface area contributed by atoms with Crippen molar-refractivity contribution in [2.75, 3.05) is 5.32 Å². The van der Waals surface area contributed by atoms with Crippen LogP contribution in [0.3, 0.4) is 0 Å². The molecule has 0 bridgehead atoms. The molecule has 110 valence electrons. The first-order valence-electron chi connectivity index (χ1n) is 6.41. The summed E-state index contributed by atoms with van der Waals surface area (Å²) in [6, 6.07) is 9.53. The maximum atomic E-state index is 11.1. The van der Waals surface area contributed by atoms with E-state index in [1.807, 2.05) is 0 Å². The molecule has 22 heavy (non-hydrogen) atoms. The van der Waals surface area contributed by atoms with Crippen molar-refractivity contribution in [3.8, 4) is 0 Å². The Bertz CT molecular complexity index is 940. The molecule has 7 heteroatoms. The molecule has 0 radical (unpaired) electrons. The predicted octanol–water partition coefficient (Wildman–Crippen LogP) is 3.91. The third-order valence-electron chi connectivity index (χ3n) is 3.22. The SMILES string of the molecule is CC(=O)Nc1ccc2nc3ccc([N+](=O)[O-])cc3c(Cl)c2c1. The van der Waals surface area contributed by atoms with E-state index in [2.05, 4.69) is 10.3 Å². The van der Waals surface area contributed by atoms with Gasteiger partial charge in [-0.05, 0) is 24.3 Å². The number of aromatic nitrogens is 1. The number of nitro groups is 1. The number of fused-ring (bicyclic) bond motifs is 2. The topological polar surface area (TPSA) is 85.1 Å². The van der Waals surface area contributed by atoms with Crippen LogP contribution in [0.2, 0.25) is 5.02 Å². The number of carbonyl (C=O) groups excluding carboxylic acids is 1. The summed E-state index contributed by atoms with van der Waals surface area (Å²) < 4.78 is 0. The van der Waals surface area contributed by atoms with Crippen LogP contribution in [-0.2, 0) is 4.79 Å². The number of pyridine rings is 1. The number of non-ortho nitro benzene ring substituents is 1. The highest BCUT2D eigenvalue weighted by Gasteiger charge is 2.13. The molecule has 0 aliphatic heterocycles. The van der Waals surface area contributed by atoms with Gasteiger partial charge in [-0.3, -0.25) is 14.9 Å². The quantitative estimate of drug-likeness (QED) is 0.441. The lowest BCUT2D eigenvalue weighted by molar-refractivity contribution is -0.384. The van der Waals surface area contributed by atoms with Crippen molar-refractivity contribution in [3.63, 3.8) is 0 Å². The highest BCUT2D eigenvalue weighted by molar-refractivity contribution is 6.40. The molecule has 3 rings (SSSR count). The van der Waals surface area contributed by atoms with E-state index in [1.165, 1.54) is 19.1 Å². The molecule has 1 amide bonds. The van der Waals surface area contributed by atoms with Crippen LogP contribution in [0.4, 0.5) is 11.4 Å². The minimum Gasteiger partial charge on any atom is -0.326 e. The molecule has 0 aliphatic carbocycles. The summed E-state index contributed by atoms with van der Waals surface area (Å²) in [7, 11) is 0. The Labute approximate surface area is 129 Å². The van der Waals surface area contributed by atoms with Crippen LogP contribution in [0.25, 0.3) is 21.8 Å². The normalized spacial score (nSPS) is 10.8. The molecule has 1 N–H and O–H groups in total. The maximum absolute atomic E-state index is 11.1. The van der Waals surface area contributed by atoms with E-state index in [0.29, 0.717) is 32.5 Å². The third kappa shape index (κ3) is 2.44. The standard InChI is InChI=1S/C15H10ClN3O3/c1-8(20)17-9-2-4-13-11(6-9)15(16)12-7-10(19(21)22)3-5-14(12)18-13/h2-7H,1H3,(H,17,20). The van der Waals surface area contributed by atoms with Gasteiger partial charge in [-0.2, -0.15) is 0 Å². The molecule has 3 aromatic rings. The van der Waals surface area contributed by atoms with E-state index in [0.717, 1.165) is 0 Å². The van der Waals surface area contributed by atoms with E-state index >= 15 is 0 Å². The van der Waals surface area contributed by atoms with Crippen LogP contribution in [0, 0.1) is 10.1 Å². The van der Waals surface area contributed by atoms with E-state index < -0.39 is 4.92 Å². The van der Waals surface area contributed by atoms with Crippen molar-refractivity contribution in [2.45, 2.75) is 6.92 Å². The first-order valence-corrected chi connectivity index (χ1v) is 6.78. The largest absolute Gasteiger partial charge is 0.326 e. The van der Waals surface area contributed by atoms with Gasteiger partial charge in [0.05, 0.1) is 21.0 Å². The second-order valence-electron chi connectivity index (χ2n) is 4.80. The lowest BCUT2D eigenvalue weighted by Crippen LogP contribution is -2.05. The fourth-order valence-electron chi connectivity index (χ4n) is 2.28. The molecule has 6 nitrogen and oxygen atoms in total. The number of anilines is 1. The number of nitrogens with zero attached hydrogens (tertiary/aromatic N) is 2. The zero-order chi connectivity index (χ0) is 15.9. The van der Waals surface area contributed by atoms with Crippen LogP contribution >= 0.6 is 11.6 Å². The highest BCUT2D eigenvalue weighted by atomic mass is 35.5. The Morgan fingerprint density at radius 2 is 1.82 bits per heavy atom. The number of benzene rings is 2. The van der Waals surface area contributed by atoms with Crippen molar-refractivity contribution in [2.24, 2.45) is 0 Å². The van der Waals surface area contributed by atoms with Crippen LogP contribution in [0.1, 0.15) is 6.92 Å². The average molecular weight is 316 g/mol. The Balaban J connectivity index is 2.28. The zero-order valence-corrected chi connectivity index (χ0v) is 12.2. The first kappa shape index (κ1) is 14.2. The summed E-state index contributed by atoms with van der Waals surface area (Å²) in [5.74, 6) is -0.195. The van der Waals surface area contributed by atoms with Crippen LogP contribution < -0.4 is 5.32 Å². The summed E-state index contributed by atoms with van der Waals surface area (Å²) >= 11 is 6.38. The number of halogens is 1. The monoisotopic (exact) mass is 315 g/mol. The van der Waals surface area contributed by atoms with Gasteiger partial charge in [-0.25, -0.2) is 4.98 Å². The van der Waals surface area contributed by atoms with Crippen molar-refractivity contribution in [3.05, 3.63) is 51.5 Å². The van der Waals surface area contributed by atoms with E-state index in [9.17, 15) is 14.9 Å². The van der Waals surface area contributed by atoms with Crippen molar-refractivity contribution in [1.29, 1.82) is 0 Å². The van der Waals surface area contributed by atoms with E-state index in [4.69, 9.17) is 11.6 Å². The molecule has 0 saturated heterocycles. The van der Waals surface area contributed by atoms with Gasteiger partial charge < -0.3 is 5.32 Å². The Hall–Kier alpha value is -2.73. The lowest BCUT2D eigenvalue weighted by Gasteiger charge is -2.08. The Morgan fingerprint density at radius 1 is 1.18 bits per heavy atom. The summed E-state index contributed by atoms with van der Waals surface area (Å²) in [5, 5.41) is 15.1. The number of rotatable bonds is 2. The van der Waals surface area contributed by atoms with Gasteiger partial charge in [-0.15, -0.1) is 0 Å². The summed E-state index contributed by atoms with van der Waals surface area (Å²) in [6.07, 6.45) is 0. The molecule has 0 fully saturated rings. The molecular weight excluding hydrogens is 306 g/mol. The lowest BCUT2D eigenvalue weighted by atomic mass is 10.1. The summed E-state index contributed by atoms with van der Waals surface area (Å²) in [5.41, 5.74) is 1.78. The molecule has 0 spiro atoms. The minimum atomic E-state index is -0.478. The van der Waals surface area contributed by atoms with Gasteiger partial charge in [0.1, 0.15) is 0 Å². The Morgan fingerprint density at radius 3 is 2.45 bits per heavy atom. The molecule has 1 aromatic heterocycles. The summed E-state index contributed by atoms with van der Waals surface area (Å²) in [4.78, 5) is 26.0. The number of hydrogen-bond donors (Lipinski definition) is 1. The van der Waals surface area contributed by atoms with Gasteiger partial charge in [0.15, 0.2) is 0 Å². The molecular formula is C15H10ClN3O3. The fourth-order valence-corrected chi connectivity index (χ4v) is 2.58. The van der Waals surface area contributed by atoms with Gasteiger partial charge in [0.25, 0.3) is 5.69 Å². The van der Waals surface area contributed by atoms with Gasteiger partial charge in [-0.1, -0.05) is 11.6 Å². The van der Waals surface area contributed by atoms with Crippen molar-refractivity contribution >= 4 is 50.7 Å². The van der Waals surface area contributed by atoms with Gasteiger partial charge >= 0.3 is 0 Å². The van der Waals surface area contributed by atoms with E-state index in [-0.39, 0.29) is 11.6 Å². The molecule has 1 heterocycles. The number of nitro benzene ring substituents is 1. The van der Waals surface area contributed by atoms with Crippen molar-refractivity contribution < 1.29 is 9.72 Å². The highest BCUT2D eigenvalue weighted by Crippen LogP contribution is 2.33. The molecule has 0 atom stereocenters. The third-order valence-corrected chi connectivity index (χ3v) is 3.63. The van der Waals surface area contributed by atoms with Gasteiger partial charge in [0.2, 0.25) is 5.91 Å². The number of carbonyl (C=O) groups is 1. The van der Waals surface area contributed by atoms with Crippen molar-refractivity contribution in [1.82, 2.24) is 4.98 Å². The minimum absolute atomic E-state index is 0.0476. The molecule has 0 saturated carbocycles.